The van der Waals surface area contributed by atoms with Gasteiger partial charge in [-0.25, -0.2) is 19.6 Å². The molecule has 2 saturated heterocycles. The van der Waals surface area contributed by atoms with Gasteiger partial charge in [-0.3, -0.25) is 13.9 Å². The van der Waals surface area contributed by atoms with Gasteiger partial charge in [-0.1, -0.05) is 41.9 Å². The van der Waals surface area contributed by atoms with Gasteiger partial charge in [-0.2, -0.15) is 0 Å². The number of methoxy groups -OCH3 is 1. The predicted octanol–water partition coefficient (Wildman–Crippen LogP) is 4.30. The summed E-state index contributed by atoms with van der Waals surface area (Å²) in [5, 5.41) is 19.2. The van der Waals surface area contributed by atoms with E-state index in [2.05, 4.69) is 27.0 Å². The van der Waals surface area contributed by atoms with Crippen LogP contribution in [0.1, 0.15) is 29.5 Å². The summed E-state index contributed by atoms with van der Waals surface area (Å²) in [5.41, 5.74) is 7.22. The number of aliphatic hydroxyl groups excluding tert-OH is 1. The van der Waals surface area contributed by atoms with Crippen molar-refractivity contribution in [3.8, 4) is 28.3 Å². The van der Waals surface area contributed by atoms with Crippen molar-refractivity contribution in [2.45, 2.75) is 38.1 Å². The maximum Gasteiger partial charge on any atom is 0.330 e. The fourth-order valence-electron chi connectivity index (χ4n) is 7.67. The topological polar surface area (TPSA) is 156 Å². The number of pyridine rings is 2. The number of ether oxygens (including phenoxy) is 1. The molecule has 1 atom stereocenters. The number of rotatable bonds is 7. The molecule has 5 aromatic rings. The van der Waals surface area contributed by atoms with E-state index in [0.29, 0.717) is 34.2 Å². The number of carbonyl (C=O) groups is 1. The van der Waals surface area contributed by atoms with Gasteiger partial charge in [0.2, 0.25) is 5.88 Å². The average Bonchev–Trinajstić information content (AvgIpc) is 3.91. The van der Waals surface area contributed by atoms with Gasteiger partial charge in [0, 0.05) is 62.3 Å². The second-order valence-corrected chi connectivity index (χ2v) is 14.2. The molecule has 3 aliphatic rings. The van der Waals surface area contributed by atoms with E-state index in [9.17, 15) is 14.4 Å². The number of hydrogen-bond acceptors (Lipinski definition) is 9. The van der Waals surface area contributed by atoms with Crippen LogP contribution in [0.5, 0.6) is 5.88 Å². The number of halogens is 1. The molecule has 2 amide bonds. The molecule has 8 rings (SSSR count). The smallest absolute Gasteiger partial charge is 0.330 e. The lowest BCUT2D eigenvalue weighted by atomic mass is 9.96. The van der Waals surface area contributed by atoms with E-state index in [1.165, 1.54) is 22.7 Å². The zero-order valence-corrected chi connectivity index (χ0v) is 31.0. The maximum absolute atomic E-state index is 13.1. The molecule has 0 saturated carbocycles. The number of urea groups is 1. The van der Waals surface area contributed by atoms with Crippen molar-refractivity contribution in [2.75, 3.05) is 45.2 Å². The van der Waals surface area contributed by atoms with Crippen molar-refractivity contribution in [3.05, 3.63) is 97.3 Å². The van der Waals surface area contributed by atoms with Crippen molar-refractivity contribution in [2.24, 2.45) is 14.1 Å². The third-order valence-electron chi connectivity index (χ3n) is 10.5. The molecule has 53 heavy (non-hydrogen) atoms. The fraction of sp³-hybridized carbons (Fsp3) is 0.359. The summed E-state index contributed by atoms with van der Waals surface area (Å²) in [6.07, 6.45) is 5.65. The third-order valence-corrected chi connectivity index (χ3v) is 11.0. The van der Waals surface area contributed by atoms with Crippen molar-refractivity contribution < 1.29 is 14.6 Å². The monoisotopic (exact) mass is 738 g/mol. The van der Waals surface area contributed by atoms with Gasteiger partial charge in [0.1, 0.15) is 11.2 Å². The van der Waals surface area contributed by atoms with Crippen molar-refractivity contribution in [3.63, 3.8) is 0 Å². The normalized spacial score (nSPS) is 17.5. The van der Waals surface area contributed by atoms with Crippen LogP contribution in [0.4, 0.5) is 16.3 Å². The number of nitrogens with one attached hydrogen (secondary N) is 3. The summed E-state index contributed by atoms with van der Waals surface area (Å²) in [6, 6.07) is 15.6. The number of benzene rings is 2. The molecule has 276 valence electrons. The van der Waals surface area contributed by atoms with Crippen molar-refractivity contribution >= 4 is 40.0 Å². The fourth-order valence-corrected chi connectivity index (χ4v) is 7.99. The van der Waals surface area contributed by atoms with Gasteiger partial charge in [0.15, 0.2) is 0 Å². The number of nitrogens with zero attached hydrogens (tertiary/aromatic N) is 5. The summed E-state index contributed by atoms with van der Waals surface area (Å²) in [7, 11) is 4.76. The van der Waals surface area contributed by atoms with Gasteiger partial charge >= 0.3 is 11.7 Å². The minimum absolute atomic E-state index is 0.0386. The van der Waals surface area contributed by atoms with Gasteiger partial charge < -0.3 is 30.7 Å². The van der Waals surface area contributed by atoms with Gasteiger partial charge in [-0.15, -0.1) is 0 Å². The second-order valence-electron chi connectivity index (χ2n) is 13.8. The Hall–Kier alpha value is -5.24. The van der Waals surface area contributed by atoms with E-state index in [4.69, 9.17) is 26.4 Å². The zero-order chi connectivity index (χ0) is 37.4. The van der Waals surface area contributed by atoms with Crippen LogP contribution in [0.25, 0.3) is 33.3 Å². The van der Waals surface area contributed by atoms with E-state index in [-0.39, 0.29) is 18.2 Å². The number of β-amino-alcohol motifs (C(OH)–C–C–N with tert-alkyl or cyclic N) is 1. The third kappa shape index (κ3) is 6.64. The van der Waals surface area contributed by atoms with Crippen molar-refractivity contribution in [1.29, 1.82) is 0 Å². The Labute approximate surface area is 311 Å². The minimum Gasteiger partial charge on any atom is -0.481 e. The van der Waals surface area contributed by atoms with E-state index >= 15 is 0 Å². The van der Waals surface area contributed by atoms with Crippen LogP contribution in [-0.4, -0.2) is 80.6 Å². The molecule has 2 aliphatic heterocycles. The largest absolute Gasteiger partial charge is 0.481 e. The molecule has 0 bridgehead atoms. The van der Waals surface area contributed by atoms with Crippen LogP contribution in [0.15, 0.2) is 64.3 Å². The highest BCUT2D eigenvalue weighted by Crippen LogP contribution is 2.41. The summed E-state index contributed by atoms with van der Waals surface area (Å²) in [4.78, 5) is 47.8. The van der Waals surface area contributed by atoms with Crippen LogP contribution in [0.2, 0.25) is 5.02 Å². The molecule has 1 aliphatic carbocycles. The van der Waals surface area contributed by atoms with E-state index in [0.717, 1.165) is 83.5 Å². The molecule has 1 unspecified atom stereocenters. The average molecular weight is 739 g/mol. The van der Waals surface area contributed by atoms with Crippen molar-refractivity contribution in [1.82, 2.24) is 34.6 Å². The Morgan fingerprint density at radius 2 is 1.81 bits per heavy atom. The predicted molar refractivity (Wildman–Crippen MR) is 206 cm³/mol. The first kappa shape index (κ1) is 36.1. The molecule has 2 aromatic carbocycles. The first-order valence-corrected chi connectivity index (χ1v) is 18.1. The SMILES string of the molecule is COc1nc(-c2cccc(-c3cccc(Nc4nccc5c4c(=O)n(C)c(=O)n5C)c3C)c2Cl)cc2c1CCC2.O=C1NC2(CCNC2)CN1CCO. The van der Waals surface area contributed by atoms with E-state index in [1.54, 1.807) is 31.3 Å². The standard InChI is InChI=1S/C31H28ClN5O3.C8H15N3O2/c1-17-19(21-11-6-12-22(27(21)32)24-16-18-8-5-10-20(18)29(35-24)40-4)9-7-13-23(17)34-28-26-25(14-15-33-28)36(2)31(39)37(3)30(26)38;12-4-3-11-6-8(10-7(11)13)1-2-9-5-8/h6-7,9,11-16H,5,8,10H2,1-4H3,(H,33,34);9,12H,1-6H2,(H,10,13). The van der Waals surface area contributed by atoms with Crippen LogP contribution < -0.4 is 31.9 Å². The number of fused-ring (bicyclic) bond motifs is 2. The number of aliphatic hydroxyl groups is 1. The Kier molecular flexibility index (Phi) is 9.99. The quantitative estimate of drug-likeness (QED) is 0.191. The van der Waals surface area contributed by atoms with Gasteiger partial charge in [0.25, 0.3) is 5.56 Å². The molecule has 5 heterocycles. The molecule has 1 spiro atoms. The summed E-state index contributed by atoms with van der Waals surface area (Å²) in [5.74, 6) is 1.04. The Balaban J connectivity index is 0.000000281. The first-order chi connectivity index (χ1) is 25.6. The number of aromatic nitrogens is 4. The van der Waals surface area contributed by atoms with Crippen LogP contribution in [-0.2, 0) is 26.9 Å². The van der Waals surface area contributed by atoms with Crippen LogP contribution in [0, 0.1) is 6.92 Å². The highest BCUT2D eigenvalue weighted by molar-refractivity contribution is 6.36. The van der Waals surface area contributed by atoms with E-state index < -0.39 is 11.2 Å². The number of amides is 2. The number of hydrogen-bond donors (Lipinski definition) is 4. The first-order valence-electron chi connectivity index (χ1n) is 17.7. The molecule has 0 radical (unpaired) electrons. The summed E-state index contributed by atoms with van der Waals surface area (Å²) < 4.78 is 8.15. The minimum atomic E-state index is -0.407. The second kappa shape index (κ2) is 14.6. The molecular weight excluding hydrogens is 696 g/mol. The Morgan fingerprint density at radius 3 is 2.57 bits per heavy atom. The Morgan fingerprint density at radius 1 is 1.04 bits per heavy atom. The number of aryl methyl sites for hydroxylation is 2. The maximum atomic E-state index is 13.1. The lowest BCUT2D eigenvalue weighted by molar-refractivity contribution is 0.195. The van der Waals surface area contributed by atoms with Crippen LogP contribution >= 0.6 is 11.6 Å². The summed E-state index contributed by atoms with van der Waals surface area (Å²) in [6.45, 7) is 5.01. The van der Waals surface area contributed by atoms with Gasteiger partial charge in [-0.05, 0) is 74.0 Å². The van der Waals surface area contributed by atoms with Crippen LogP contribution in [0.3, 0.4) is 0 Å². The lowest BCUT2D eigenvalue weighted by Gasteiger charge is -2.20. The lowest BCUT2D eigenvalue weighted by Crippen LogP contribution is -2.45. The number of carbonyl (C=O) groups excluding carboxylic acids is 1. The Bertz CT molecular complexity index is 2350. The van der Waals surface area contributed by atoms with Gasteiger partial charge in [0.05, 0.1) is 35.5 Å². The molecule has 2 fully saturated rings. The molecule has 3 aromatic heterocycles. The summed E-state index contributed by atoms with van der Waals surface area (Å²) >= 11 is 7.07. The molecule has 14 heteroatoms. The zero-order valence-electron chi connectivity index (χ0n) is 30.3. The highest BCUT2D eigenvalue weighted by Gasteiger charge is 2.43. The van der Waals surface area contributed by atoms with E-state index in [1.807, 2.05) is 43.3 Å². The molecule has 4 N–H and O–H groups in total. The molecular formula is C39H43ClN8O5. The number of anilines is 2. The highest BCUT2D eigenvalue weighted by atomic mass is 35.5. The molecule has 13 nitrogen and oxygen atoms in total.